The van der Waals surface area contributed by atoms with E-state index in [0.717, 1.165) is 12.8 Å². The van der Waals surface area contributed by atoms with Crippen molar-refractivity contribution in [2.24, 2.45) is 0 Å². The van der Waals surface area contributed by atoms with Crippen molar-refractivity contribution >= 4 is 39.1 Å². The Bertz CT molecular complexity index is 1540. The van der Waals surface area contributed by atoms with E-state index in [4.69, 9.17) is 16.3 Å². The first kappa shape index (κ1) is 24.9. The van der Waals surface area contributed by atoms with E-state index in [1.54, 1.807) is 18.2 Å². The molecule has 2 atom stereocenters. The number of aromatic hydroxyl groups is 1. The largest absolute Gasteiger partial charge is 0.508 e. The number of aromatic nitrogens is 3. The number of nitrogens with zero attached hydrogens (tertiary/aromatic N) is 4. The summed E-state index contributed by atoms with van der Waals surface area (Å²) in [5.41, 5.74) is -0.000810. The van der Waals surface area contributed by atoms with Crippen LogP contribution in [0.5, 0.6) is 11.8 Å². The zero-order chi connectivity index (χ0) is 26.6. The number of hydrogen-bond acceptors (Lipinski definition) is 7. The van der Waals surface area contributed by atoms with E-state index >= 15 is 4.39 Å². The molecular formula is C26H22ClF4N5O2. The van der Waals surface area contributed by atoms with Crippen LogP contribution in [0.15, 0.2) is 36.5 Å². The van der Waals surface area contributed by atoms with Crippen LogP contribution < -0.4 is 15.0 Å². The summed E-state index contributed by atoms with van der Waals surface area (Å²) in [5, 5.41) is 15.5. The maximum absolute atomic E-state index is 16.2. The highest BCUT2D eigenvalue weighted by atomic mass is 35.5. The quantitative estimate of drug-likeness (QED) is 0.314. The number of rotatable bonds is 5. The number of anilines is 1. The number of alkyl halides is 3. The standard InChI is InChI=1S/C26H22ClF4N5O2/c27-19-3-1-2-13-8-16(37)9-17(20(13)19)22-21(28)23-18(10-32-22)24(36-11-14-4-5-15(12-36)33-14)35-25(34-23)38-7-6-26(29,30)31/h1-3,8-10,14-15,33,37H,4-7,11-12H2/t14-,15+. The Balaban J connectivity index is 1.51. The third-order valence-corrected chi connectivity index (χ3v) is 7.26. The number of hydrogen-bond donors (Lipinski definition) is 2. The number of halogens is 5. The van der Waals surface area contributed by atoms with E-state index < -0.39 is 25.0 Å². The fraction of sp³-hybridized carbons (Fsp3) is 0.346. The Morgan fingerprint density at radius 1 is 1.13 bits per heavy atom. The summed E-state index contributed by atoms with van der Waals surface area (Å²) in [6, 6.07) is 8.07. The molecular weight excluding hydrogens is 526 g/mol. The highest BCUT2D eigenvalue weighted by Crippen LogP contribution is 2.40. The topological polar surface area (TPSA) is 83.4 Å². The molecule has 0 unspecified atom stereocenters. The Morgan fingerprint density at radius 2 is 1.89 bits per heavy atom. The first-order valence-electron chi connectivity index (χ1n) is 12.1. The summed E-state index contributed by atoms with van der Waals surface area (Å²) in [5.74, 6) is -0.573. The van der Waals surface area contributed by atoms with E-state index in [0.29, 0.717) is 40.1 Å². The number of fused-ring (bicyclic) bond motifs is 4. The van der Waals surface area contributed by atoms with Crippen LogP contribution >= 0.6 is 11.6 Å². The van der Waals surface area contributed by atoms with Gasteiger partial charge in [-0.3, -0.25) is 4.98 Å². The lowest BCUT2D eigenvalue weighted by Gasteiger charge is -2.34. The van der Waals surface area contributed by atoms with Crippen LogP contribution in [-0.2, 0) is 0 Å². The SMILES string of the molecule is Oc1cc(-c2ncc3c(N4C[C@H]5CC[C@@H](C4)N5)nc(OCCC(F)(F)F)nc3c2F)c2c(Cl)cccc2c1. The minimum Gasteiger partial charge on any atom is -0.508 e. The molecule has 2 aromatic carbocycles. The maximum Gasteiger partial charge on any atom is 0.392 e. The van der Waals surface area contributed by atoms with Crippen LogP contribution in [0.2, 0.25) is 5.02 Å². The predicted molar refractivity (Wildman–Crippen MR) is 135 cm³/mol. The molecule has 0 saturated carbocycles. The van der Waals surface area contributed by atoms with E-state index in [2.05, 4.69) is 20.3 Å². The molecule has 2 aromatic heterocycles. The van der Waals surface area contributed by atoms with Crippen molar-refractivity contribution in [3.63, 3.8) is 0 Å². The second kappa shape index (κ2) is 9.39. The Labute approximate surface area is 219 Å². The Kier molecular flexibility index (Phi) is 6.14. The lowest BCUT2D eigenvalue weighted by molar-refractivity contribution is -0.139. The summed E-state index contributed by atoms with van der Waals surface area (Å²) in [7, 11) is 0. The summed E-state index contributed by atoms with van der Waals surface area (Å²) < 4.78 is 59.7. The lowest BCUT2D eigenvalue weighted by atomic mass is 10.00. The molecule has 0 radical (unpaired) electrons. The number of phenolic OH excluding ortho intramolecular Hbond substituents is 1. The van der Waals surface area contributed by atoms with Crippen molar-refractivity contribution in [3.05, 3.63) is 47.4 Å². The molecule has 2 bridgehead atoms. The fourth-order valence-electron chi connectivity index (χ4n) is 5.30. The van der Waals surface area contributed by atoms with Gasteiger partial charge in [0.2, 0.25) is 0 Å². The van der Waals surface area contributed by atoms with Crippen LogP contribution in [-0.4, -0.2) is 58.0 Å². The summed E-state index contributed by atoms with van der Waals surface area (Å²) in [6.45, 7) is 0.495. The molecule has 2 N–H and O–H groups in total. The van der Waals surface area contributed by atoms with Gasteiger partial charge in [0, 0.05) is 47.3 Å². The van der Waals surface area contributed by atoms with Gasteiger partial charge in [-0.1, -0.05) is 23.7 Å². The Morgan fingerprint density at radius 3 is 2.63 bits per heavy atom. The van der Waals surface area contributed by atoms with Crippen molar-refractivity contribution in [2.75, 3.05) is 24.6 Å². The van der Waals surface area contributed by atoms with Gasteiger partial charge < -0.3 is 20.1 Å². The highest BCUT2D eigenvalue weighted by molar-refractivity contribution is 6.36. The number of piperazine rings is 1. The van der Waals surface area contributed by atoms with Crippen LogP contribution in [0.25, 0.3) is 32.9 Å². The fourth-order valence-corrected chi connectivity index (χ4v) is 5.58. The second-order valence-electron chi connectivity index (χ2n) is 9.60. The predicted octanol–water partition coefficient (Wildman–Crippen LogP) is 5.61. The molecule has 2 fully saturated rings. The number of nitrogens with one attached hydrogen (secondary N) is 1. The average Bonchev–Trinajstić information content (AvgIpc) is 3.20. The van der Waals surface area contributed by atoms with Crippen molar-refractivity contribution in [3.8, 4) is 23.0 Å². The van der Waals surface area contributed by atoms with Crippen molar-refractivity contribution < 1.29 is 27.4 Å². The smallest absolute Gasteiger partial charge is 0.392 e. The zero-order valence-electron chi connectivity index (χ0n) is 19.9. The molecule has 12 heteroatoms. The third kappa shape index (κ3) is 4.64. The number of phenols is 1. The van der Waals surface area contributed by atoms with Gasteiger partial charge in [-0.15, -0.1) is 0 Å². The van der Waals surface area contributed by atoms with Gasteiger partial charge in [0.05, 0.1) is 11.8 Å². The maximum atomic E-state index is 16.2. The molecule has 2 saturated heterocycles. The molecule has 0 amide bonds. The molecule has 4 heterocycles. The Hall–Kier alpha value is -3.44. The van der Waals surface area contributed by atoms with E-state index in [9.17, 15) is 18.3 Å². The average molecular weight is 548 g/mol. The molecule has 6 rings (SSSR count). The summed E-state index contributed by atoms with van der Waals surface area (Å²) in [4.78, 5) is 14.9. The number of pyridine rings is 1. The van der Waals surface area contributed by atoms with E-state index in [1.165, 1.54) is 18.3 Å². The number of ether oxygens (including phenoxy) is 1. The van der Waals surface area contributed by atoms with Gasteiger partial charge in [-0.05, 0) is 36.4 Å². The molecule has 2 aliphatic heterocycles. The van der Waals surface area contributed by atoms with Gasteiger partial charge in [0.15, 0.2) is 5.82 Å². The molecule has 198 valence electrons. The molecule has 4 aromatic rings. The minimum absolute atomic E-state index is 0.105. The van der Waals surface area contributed by atoms with Crippen LogP contribution in [0, 0.1) is 5.82 Å². The first-order chi connectivity index (χ1) is 18.2. The monoisotopic (exact) mass is 547 g/mol. The van der Waals surface area contributed by atoms with Gasteiger partial charge in [0.25, 0.3) is 0 Å². The third-order valence-electron chi connectivity index (χ3n) is 6.94. The molecule has 0 aliphatic carbocycles. The van der Waals surface area contributed by atoms with Gasteiger partial charge in [-0.25, -0.2) is 4.39 Å². The molecule has 0 spiro atoms. The minimum atomic E-state index is -4.42. The van der Waals surface area contributed by atoms with Gasteiger partial charge in [-0.2, -0.15) is 23.1 Å². The zero-order valence-corrected chi connectivity index (χ0v) is 20.7. The second-order valence-corrected chi connectivity index (χ2v) is 10.0. The summed E-state index contributed by atoms with van der Waals surface area (Å²) in [6.07, 6.45) is -2.20. The molecule has 7 nitrogen and oxygen atoms in total. The highest BCUT2D eigenvalue weighted by Gasteiger charge is 2.34. The van der Waals surface area contributed by atoms with Gasteiger partial charge >= 0.3 is 12.2 Å². The van der Waals surface area contributed by atoms with Crippen molar-refractivity contribution in [1.29, 1.82) is 0 Å². The summed E-state index contributed by atoms with van der Waals surface area (Å²) >= 11 is 6.43. The van der Waals surface area contributed by atoms with E-state index in [1.807, 2.05) is 4.90 Å². The number of benzene rings is 2. The lowest BCUT2D eigenvalue weighted by Crippen LogP contribution is -2.51. The normalized spacial score (nSPS) is 19.4. The molecule has 38 heavy (non-hydrogen) atoms. The van der Waals surface area contributed by atoms with Crippen molar-refractivity contribution in [1.82, 2.24) is 20.3 Å². The first-order valence-corrected chi connectivity index (χ1v) is 12.5. The van der Waals surface area contributed by atoms with Crippen LogP contribution in [0.1, 0.15) is 19.3 Å². The van der Waals surface area contributed by atoms with Crippen LogP contribution in [0.3, 0.4) is 0 Å². The van der Waals surface area contributed by atoms with Crippen molar-refractivity contribution in [2.45, 2.75) is 37.5 Å². The van der Waals surface area contributed by atoms with Gasteiger partial charge in [0.1, 0.15) is 29.4 Å². The van der Waals surface area contributed by atoms with Crippen LogP contribution in [0.4, 0.5) is 23.4 Å². The van der Waals surface area contributed by atoms with E-state index in [-0.39, 0.29) is 40.6 Å². The molecule has 2 aliphatic rings.